The fourth-order valence-corrected chi connectivity index (χ4v) is 1.77. The van der Waals surface area contributed by atoms with Gasteiger partial charge in [-0.05, 0) is 18.4 Å². The number of amidine groups is 1. The highest BCUT2D eigenvalue weighted by atomic mass is 15.3. The van der Waals surface area contributed by atoms with Gasteiger partial charge in [-0.25, -0.2) is 5.84 Å². The Bertz CT molecular complexity index is 355. The number of hydrogen-bond acceptors (Lipinski definition) is 2. The summed E-state index contributed by atoms with van der Waals surface area (Å²) in [5.41, 5.74) is 4.05. The molecular formula is C13H19N3. The van der Waals surface area contributed by atoms with Crippen molar-refractivity contribution < 1.29 is 0 Å². The van der Waals surface area contributed by atoms with Crippen molar-refractivity contribution in [3.05, 3.63) is 35.9 Å². The molecule has 2 rings (SSSR count). The van der Waals surface area contributed by atoms with Gasteiger partial charge in [0, 0.05) is 18.4 Å². The van der Waals surface area contributed by atoms with Gasteiger partial charge in [-0.15, -0.1) is 0 Å². The zero-order valence-electron chi connectivity index (χ0n) is 9.69. The third kappa shape index (κ3) is 2.83. The van der Waals surface area contributed by atoms with Crippen LogP contribution in [0.25, 0.3) is 0 Å². The molecule has 16 heavy (non-hydrogen) atoms. The lowest BCUT2D eigenvalue weighted by Crippen LogP contribution is -2.32. The van der Waals surface area contributed by atoms with E-state index >= 15 is 0 Å². The average molecular weight is 217 g/mol. The second kappa shape index (κ2) is 5.12. The summed E-state index contributed by atoms with van der Waals surface area (Å²) in [4.78, 5) is 4.56. The third-order valence-electron chi connectivity index (χ3n) is 3.02. The number of nitrogens with two attached hydrogens (primary N) is 1. The SMILES string of the molecule is C[C@H](CN=C(NN)C1CC1)c1ccccc1. The molecular weight excluding hydrogens is 198 g/mol. The summed E-state index contributed by atoms with van der Waals surface area (Å²) < 4.78 is 0. The Labute approximate surface area is 96.7 Å². The van der Waals surface area contributed by atoms with Crippen LogP contribution in [0.3, 0.4) is 0 Å². The second-order valence-corrected chi connectivity index (χ2v) is 4.46. The second-order valence-electron chi connectivity index (χ2n) is 4.46. The van der Waals surface area contributed by atoms with E-state index in [0.29, 0.717) is 11.8 Å². The average Bonchev–Trinajstić information content (AvgIpc) is 3.15. The minimum atomic E-state index is 0.447. The number of benzene rings is 1. The van der Waals surface area contributed by atoms with E-state index in [0.717, 1.165) is 12.4 Å². The molecule has 0 aromatic heterocycles. The highest BCUT2D eigenvalue weighted by molar-refractivity contribution is 5.86. The van der Waals surface area contributed by atoms with Crippen LogP contribution in [0.15, 0.2) is 35.3 Å². The maximum Gasteiger partial charge on any atom is 0.113 e. The summed E-state index contributed by atoms with van der Waals surface area (Å²) in [5, 5.41) is 0. The number of hydrazine groups is 1. The summed E-state index contributed by atoms with van der Waals surface area (Å²) in [5.74, 6) is 7.47. The first kappa shape index (κ1) is 11.1. The number of nitrogens with zero attached hydrogens (tertiary/aromatic N) is 1. The van der Waals surface area contributed by atoms with Crippen LogP contribution in [0.2, 0.25) is 0 Å². The normalized spacial score (nSPS) is 18.2. The van der Waals surface area contributed by atoms with E-state index in [1.165, 1.54) is 18.4 Å². The first-order valence-electron chi connectivity index (χ1n) is 5.87. The van der Waals surface area contributed by atoms with Crippen LogP contribution in [0.1, 0.15) is 31.2 Å². The number of hydrogen-bond donors (Lipinski definition) is 2. The lowest BCUT2D eigenvalue weighted by atomic mass is 10.0. The highest BCUT2D eigenvalue weighted by Gasteiger charge is 2.26. The fourth-order valence-electron chi connectivity index (χ4n) is 1.77. The van der Waals surface area contributed by atoms with Crippen molar-refractivity contribution in [3.63, 3.8) is 0 Å². The van der Waals surface area contributed by atoms with Gasteiger partial charge in [0.25, 0.3) is 0 Å². The molecule has 1 fully saturated rings. The Morgan fingerprint density at radius 3 is 2.69 bits per heavy atom. The molecule has 1 atom stereocenters. The van der Waals surface area contributed by atoms with Gasteiger partial charge >= 0.3 is 0 Å². The largest absolute Gasteiger partial charge is 0.312 e. The lowest BCUT2D eigenvalue weighted by Gasteiger charge is -2.10. The third-order valence-corrected chi connectivity index (χ3v) is 3.02. The van der Waals surface area contributed by atoms with Gasteiger partial charge in [-0.2, -0.15) is 0 Å². The van der Waals surface area contributed by atoms with Gasteiger partial charge in [-0.1, -0.05) is 37.3 Å². The molecule has 1 aliphatic rings. The standard InChI is InChI=1S/C13H19N3/c1-10(11-5-3-2-4-6-11)9-15-13(16-14)12-7-8-12/h2-6,10,12H,7-9,14H2,1H3,(H,15,16)/t10-/m1/s1. The molecule has 0 radical (unpaired) electrons. The minimum Gasteiger partial charge on any atom is -0.312 e. The molecule has 3 nitrogen and oxygen atoms in total. The molecule has 0 aliphatic heterocycles. The Balaban J connectivity index is 1.94. The summed E-state index contributed by atoms with van der Waals surface area (Å²) in [6, 6.07) is 10.5. The van der Waals surface area contributed by atoms with Gasteiger partial charge < -0.3 is 5.43 Å². The molecule has 0 bridgehead atoms. The van der Waals surface area contributed by atoms with E-state index in [1.807, 2.05) is 6.07 Å². The molecule has 1 aliphatic carbocycles. The van der Waals surface area contributed by atoms with Gasteiger partial charge in [0.1, 0.15) is 5.84 Å². The molecule has 0 heterocycles. The Kier molecular flexibility index (Phi) is 3.57. The van der Waals surface area contributed by atoms with Crippen LogP contribution in [-0.4, -0.2) is 12.4 Å². The van der Waals surface area contributed by atoms with Crippen molar-refractivity contribution in [1.82, 2.24) is 5.43 Å². The van der Waals surface area contributed by atoms with Crippen LogP contribution in [0.4, 0.5) is 0 Å². The Morgan fingerprint density at radius 1 is 1.44 bits per heavy atom. The van der Waals surface area contributed by atoms with Crippen molar-refractivity contribution in [3.8, 4) is 0 Å². The molecule has 0 spiro atoms. The van der Waals surface area contributed by atoms with Gasteiger partial charge in [-0.3, -0.25) is 4.99 Å². The number of rotatable bonds is 4. The minimum absolute atomic E-state index is 0.447. The van der Waals surface area contributed by atoms with E-state index in [1.54, 1.807) is 0 Å². The molecule has 0 unspecified atom stereocenters. The van der Waals surface area contributed by atoms with Crippen molar-refractivity contribution in [2.75, 3.05) is 6.54 Å². The highest BCUT2D eigenvalue weighted by Crippen LogP contribution is 2.29. The van der Waals surface area contributed by atoms with E-state index in [2.05, 4.69) is 41.6 Å². The van der Waals surface area contributed by atoms with E-state index in [4.69, 9.17) is 5.84 Å². The van der Waals surface area contributed by atoms with Crippen LogP contribution in [-0.2, 0) is 0 Å². The van der Waals surface area contributed by atoms with Crippen LogP contribution < -0.4 is 11.3 Å². The van der Waals surface area contributed by atoms with Gasteiger partial charge in [0.2, 0.25) is 0 Å². The predicted octanol–water partition coefficient (Wildman–Crippen LogP) is 2.06. The molecule has 0 saturated heterocycles. The zero-order chi connectivity index (χ0) is 11.4. The number of nitrogens with one attached hydrogen (secondary N) is 1. The zero-order valence-corrected chi connectivity index (χ0v) is 9.69. The molecule has 1 saturated carbocycles. The molecule has 3 N–H and O–H groups in total. The van der Waals surface area contributed by atoms with Crippen molar-refractivity contribution in [2.45, 2.75) is 25.7 Å². The lowest BCUT2D eigenvalue weighted by molar-refractivity contribution is 0.762. The topological polar surface area (TPSA) is 50.4 Å². The van der Waals surface area contributed by atoms with Crippen molar-refractivity contribution in [2.24, 2.45) is 16.8 Å². The van der Waals surface area contributed by atoms with Crippen LogP contribution in [0.5, 0.6) is 0 Å². The van der Waals surface area contributed by atoms with E-state index in [-0.39, 0.29) is 0 Å². The summed E-state index contributed by atoms with van der Waals surface area (Å²) in [7, 11) is 0. The maximum atomic E-state index is 5.46. The molecule has 86 valence electrons. The smallest absolute Gasteiger partial charge is 0.113 e. The summed E-state index contributed by atoms with van der Waals surface area (Å²) in [6.07, 6.45) is 2.45. The van der Waals surface area contributed by atoms with E-state index in [9.17, 15) is 0 Å². The van der Waals surface area contributed by atoms with Crippen LogP contribution in [0, 0.1) is 5.92 Å². The van der Waals surface area contributed by atoms with E-state index < -0.39 is 0 Å². The quantitative estimate of drug-likeness (QED) is 0.351. The van der Waals surface area contributed by atoms with Crippen LogP contribution >= 0.6 is 0 Å². The number of aliphatic imine (C=N–C) groups is 1. The Morgan fingerprint density at radius 2 is 2.12 bits per heavy atom. The predicted molar refractivity (Wildman–Crippen MR) is 67.2 cm³/mol. The molecule has 1 aromatic rings. The van der Waals surface area contributed by atoms with Crippen molar-refractivity contribution in [1.29, 1.82) is 0 Å². The fraction of sp³-hybridized carbons (Fsp3) is 0.462. The molecule has 0 amide bonds. The monoisotopic (exact) mass is 217 g/mol. The molecule has 3 heteroatoms. The van der Waals surface area contributed by atoms with Gasteiger partial charge in [0.05, 0.1) is 0 Å². The first-order chi connectivity index (χ1) is 7.81. The molecule has 1 aromatic carbocycles. The van der Waals surface area contributed by atoms with Crippen molar-refractivity contribution >= 4 is 5.84 Å². The summed E-state index contributed by atoms with van der Waals surface area (Å²) in [6.45, 7) is 3.00. The van der Waals surface area contributed by atoms with Gasteiger partial charge in [0.15, 0.2) is 0 Å². The first-order valence-corrected chi connectivity index (χ1v) is 5.87. The maximum absolute atomic E-state index is 5.46. The summed E-state index contributed by atoms with van der Waals surface area (Å²) >= 11 is 0. The Hall–Kier alpha value is -1.35.